The molecule has 18 heavy (non-hydrogen) atoms. The van der Waals surface area contributed by atoms with Gasteiger partial charge in [0.15, 0.2) is 5.78 Å². The molecule has 94 valence electrons. The van der Waals surface area contributed by atoms with Crippen molar-refractivity contribution in [3.63, 3.8) is 0 Å². The van der Waals surface area contributed by atoms with Crippen molar-refractivity contribution in [3.8, 4) is 0 Å². The van der Waals surface area contributed by atoms with Crippen LogP contribution in [0.15, 0.2) is 18.2 Å². The number of thioether (sulfide) groups is 1. The molecule has 2 rings (SSSR count). The first kappa shape index (κ1) is 13.8. The molecule has 0 radical (unpaired) electrons. The summed E-state index contributed by atoms with van der Waals surface area (Å²) < 4.78 is 0.398. The van der Waals surface area contributed by atoms with Crippen molar-refractivity contribution in [2.45, 2.75) is 11.7 Å². The van der Waals surface area contributed by atoms with Gasteiger partial charge in [0.25, 0.3) is 0 Å². The molecule has 1 amide bonds. The van der Waals surface area contributed by atoms with Gasteiger partial charge in [0.2, 0.25) is 5.91 Å². The molecular weight excluding hydrogens is 313 g/mol. The highest BCUT2D eigenvalue weighted by atomic mass is 35.5. The van der Waals surface area contributed by atoms with Crippen molar-refractivity contribution in [1.29, 1.82) is 0 Å². The standard InChI is InChI=1S/C11H7Cl2NO2S2/c12-5-1-2-7(13)6(3-5)8(15)4-9-10(16)14-11(17)18-9/h1-3,9H,4H2,(H,14,16,17). The molecule has 0 spiro atoms. The second-order valence-electron chi connectivity index (χ2n) is 3.63. The molecule has 1 fully saturated rings. The number of ketones is 1. The molecule has 1 aromatic carbocycles. The number of Topliss-reactive ketones (excluding diaryl/α,β-unsaturated/α-hetero) is 1. The SMILES string of the molecule is O=C(CC1SC(=S)NC1=O)c1cc(Cl)ccc1Cl. The maximum atomic E-state index is 12.0. The molecule has 0 aromatic heterocycles. The summed E-state index contributed by atoms with van der Waals surface area (Å²) in [6, 6.07) is 4.67. The van der Waals surface area contributed by atoms with Crippen molar-refractivity contribution in [1.82, 2.24) is 5.32 Å². The summed E-state index contributed by atoms with van der Waals surface area (Å²) in [6.07, 6.45) is 0.0523. The number of rotatable bonds is 3. The topological polar surface area (TPSA) is 46.2 Å². The fourth-order valence-corrected chi connectivity index (χ4v) is 3.18. The lowest BCUT2D eigenvalue weighted by Gasteiger charge is -2.06. The number of carbonyl (C=O) groups is 2. The number of nitrogens with one attached hydrogen (secondary N) is 1. The van der Waals surface area contributed by atoms with Crippen LogP contribution in [0.1, 0.15) is 16.8 Å². The van der Waals surface area contributed by atoms with Crippen LogP contribution in [-0.4, -0.2) is 21.3 Å². The summed E-state index contributed by atoms with van der Waals surface area (Å²) >= 11 is 17.8. The van der Waals surface area contributed by atoms with Crippen LogP contribution in [0.25, 0.3) is 0 Å². The lowest BCUT2D eigenvalue weighted by atomic mass is 10.1. The highest BCUT2D eigenvalue weighted by molar-refractivity contribution is 8.24. The van der Waals surface area contributed by atoms with Gasteiger partial charge in [0, 0.05) is 17.0 Å². The molecule has 0 aliphatic carbocycles. The molecular formula is C11H7Cl2NO2S2. The molecule has 1 saturated heterocycles. The van der Waals surface area contributed by atoms with E-state index in [2.05, 4.69) is 5.32 Å². The van der Waals surface area contributed by atoms with Gasteiger partial charge in [0.05, 0.1) is 10.3 Å². The van der Waals surface area contributed by atoms with E-state index in [1.165, 1.54) is 17.8 Å². The van der Waals surface area contributed by atoms with Gasteiger partial charge in [-0.2, -0.15) is 0 Å². The fourth-order valence-electron chi connectivity index (χ4n) is 1.52. The maximum absolute atomic E-state index is 12.0. The van der Waals surface area contributed by atoms with E-state index < -0.39 is 5.25 Å². The average Bonchev–Trinajstić information content (AvgIpc) is 2.61. The summed E-state index contributed by atoms with van der Waals surface area (Å²) in [5.74, 6) is -0.462. The van der Waals surface area contributed by atoms with Crippen LogP contribution in [0.3, 0.4) is 0 Å². The zero-order valence-electron chi connectivity index (χ0n) is 8.91. The second-order valence-corrected chi connectivity index (χ2v) is 6.36. The first-order valence-corrected chi connectivity index (χ1v) is 7.01. The maximum Gasteiger partial charge on any atom is 0.239 e. The first-order valence-electron chi connectivity index (χ1n) is 4.97. The van der Waals surface area contributed by atoms with Crippen molar-refractivity contribution < 1.29 is 9.59 Å². The van der Waals surface area contributed by atoms with Crippen LogP contribution in [0.4, 0.5) is 0 Å². The summed E-state index contributed by atoms with van der Waals surface area (Å²) in [6.45, 7) is 0. The Morgan fingerprint density at radius 3 is 2.78 bits per heavy atom. The molecule has 1 aliphatic heterocycles. The average molecular weight is 320 g/mol. The van der Waals surface area contributed by atoms with Crippen molar-refractivity contribution in [3.05, 3.63) is 33.8 Å². The fraction of sp³-hybridized carbons (Fsp3) is 0.182. The normalized spacial score (nSPS) is 18.9. The Labute approximate surface area is 123 Å². The van der Waals surface area contributed by atoms with Gasteiger partial charge in [-0.25, -0.2) is 0 Å². The quantitative estimate of drug-likeness (QED) is 0.687. The van der Waals surface area contributed by atoms with Gasteiger partial charge >= 0.3 is 0 Å². The summed E-state index contributed by atoms with van der Waals surface area (Å²) in [5, 5.41) is 2.77. The first-order chi connectivity index (χ1) is 8.47. The molecule has 1 aromatic rings. The molecule has 1 atom stereocenters. The summed E-state index contributed by atoms with van der Waals surface area (Å²) in [7, 11) is 0. The molecule has 1 heterocycles. The zero-order valence-corrected chi connectivity index (χ0v) is 12.1. The van der Waals surface area contributed by atoms with Gasteiger partial charge in [-0.3, -0.25) is 9.59 Å². The molecule has 3 nitrogen and oxygen atoms in total. The third-order valence-electron chi connectivity index (χ3n) is 2.37. The van der Waals surface area contributed by atoms with E-state index in [1.807, 2.05) is 0 Å². The highest BCUT2D eigenvalue weighted by Gasteiger charge is 2.31. The van der Waals surface area contributed by atoms with E-state index in [-0.39, 0.29) is 18.1 Å². The summed E-state index contributed by atoms with van der Waals surface area (Å²) in [5.41, 5.74) is 0.329. The Morgan fingerprint density at radius 2 is 2.17 bits per heavy atom. The Bertz CT molecular complexity index is 548. The predicted octanol–water partition coefficient (Wildman–Crippen LogP) is 3.08. The highest BCUT2D eigenvalue weighted by Crippen LogP contribution is 2.27. The Balaban J connectivity index is 2.15. The third kappa shape index (κ3) is 3.03. The Morgan fingerprint density at radius 1 is 1.44 bits per heavy atom. The van der Waals surface area contributed by atoms with Crippen molar-refractivity contribution in [2.75, 3.05) is 0 Å². The van der Waals surface area contributed by atoms with Gasteiger partial charge in [0.1, 0.15) is 4.32 Å². The van der Waals surface area contributed by atoms with E-state index in [9.17, 15) is 9.59 Å². The lowest BCUT2D eigenvalue weighted by molar-refractivity contribution is -0.118. The number of benzene rings is 1. The number of hydrogen-bond donors (Lipinski definition) is 1. The number of halogens is 2. The van der Waals surface area contributed by atoms with Crippen LogP contribution in [0.2, 0.25) is 10.0 Å². The molecule has 1 N–H and O–H groups in total. The van der Waals surface area contributed by atoms with E-state index in [4.69, 9.17) is 35.4 Å². The van der Waals surface area contributed by atoms with Crippen LogP contribution in [-0.2, 0) is 4.79 Å². The Hall–Kier alpha value is -0.620. The smallest absolute Gasteiger partial charge is 0.239 e. The predicted molar refractivity (Wildman–Crippen MR) is 77.5 cm³/mol. The number of thiocarbonyl (C=S) groups is 1. The molecule has 7 heteroatoms. The minimum Gasteiger partial charge on any atom is -0.311 e. The number of carbonyl (C=O) groups excluding carboxylic acids is 2. The largest absolute Gasteiger partial charge is 0.311 e. The molecule has 0 saturated carbocycles. The van der Waals surface area contributed by atoms with Crippen molar-refractivity contribution >= 4 is 63.2 Å². The van der Waals surface area contributed by atoms with E-state index >= 15 is 0 Å². The summed E-state index contributed by atoms with van der Waals surface area (Å²) in [4.78, 5) is 23.5. The minimum atomic E-state index is -0.486. The van der Waals surface area contributed by atoms with Crippen LogP contribution in [0.5, 0.6) is 0 Å². The van der Waals surface area contributed by atoms with Gasteiger partial charge in [-0.1, -0.05) is 47.2 Å². The van der Waals surface area contributed by atoms with Crippen LogP contribution in [0, 0.1) is 0 Å². The van der Waals surface area contributed by atoms with E-state index in [1.54, 1.807) is 12.1 Å². The lowest BCUT2D eigenvalue weighted by Crippen LogP contribution is -2.25. The third-order valence-corrected chi connectivity index (χ3v) is 4.30. The van der Waals surface area contributed by atoms with E-state index in [0.717, 1.165) is 0 Å². The van der Waals surface area contributed by atoms with Crippen LogP contribution >= 0.6 is 47.2 Å². The Kier molecular flexibility index (Phi) is 4.27. The molecule has 0 bridgehead atoms. The number of hydrogen-bond acceptors (Lipinski definition) is 4. The zero-order chi connectivity index (χ0) is 13.3. The monoisotopic (exact) mass is 319 g/mol. The molecule has 1 aliphatic rings. The van der Waals surface area contributed by atoms with Crippen LogP contribution < -0.4 is 5.32 Å². The second kappa shape index (κ2) is 5.57. The van der Waals surface area contributed by atoms with Gasteiger partial charge in [-0.05, 0) is 18.2 Å². The van der Waals surface area contributed by atoms with E-state index in [0.29, 0.717) is 19.9 Å². The number of amides is 1. The van der Waals surface area contributed by atoms with Gasteiger partial charge in [-0.15, -0.1) is 0 Å². The molecule has 1 unspecified atom stereocenters. The minimum absolute atomic E-state index is 0.0523. The van der Waals surface area contributed by atoms with Gasteiger partial charge < -0.3 is 5.32 Å². The van der Waals surface area contributed by atoms with Crippen molar-refractivity contribution in [2.24, 2.45) is 0 Å².